The second kappa shape index (κ2) is 4.33. The lowest BCUT2D eigenvalue weighted by Crippen LogP contribution is -2.18. The van der Waals surface area contributed by atoms with E-state index in [-0.39, 0.29) is 5.41 Å². The van der Waals surface area contributed by atoms with Crippen LogP contribution < -0.4 is 0 Å². The molecule has 0 spiro atoms. The summed E-state index contributed by atoms with van der Waals surface area (Å²) in [6.07, 6.45) is 3.62. The summed E-state index contributed by atoms with van der Waals surface area (Å²) in [6, 6.07) is 5.18. The van der Waals surface area contributed by atoms with Gasteiger partial charge in [-0.15, -0.1) is 0 Å². The van der Waals surface area contributed by atoms with Crippen LogP contribution in [0.1, 0.15) is 55.2 Å². The first-order valence-electron chi connectivity index (χ1n) is 7.10. The molecule has 1 saturated carbocycles. The number of hydrogen-bond acceptors (Lipinski definition) is 2. The van der Waals surface area contributed by atoms with Crippen molar-refractivity contribution in [3.05, 3.63) is 29.6 Å². The first kappa shape index (κ1) is 13.2. The highest BCUT2D eigenvalue weighted by Crippen LogP contribution is 2.48. The molecule has 1 unspecified atom stereocenters. The number of aromatic carboxylic acids is 1. The van der Waals surface area contributed by atoms with Crippen LogP contribution in [0.4, 0.5) is 0 Å². The van der Waals surface area contributed by atoms with Crippen molar-refractivity contribution < 1.29 is 9.90 Å². The van der Waals surface area contributed by atoms with Crippen LogP contribution in [0.2, 0.25) is 0 Å². The highest BCUT2D eigenvalue weighted by atomic mass is 16.4. The van der Waals surface area contributed by atoms with Gasteiger partial charge in [-0.25, -0.2) is 9.78 Å². The molecule has 0 amide bonds. The first-order chi connectivity index (χ1) is 9.40. The van der Waals surface area contributed by atoms with Crippen molar-refractivity contribution in [2.24, 2.45) is 12.5 Å². The first-order valence-corrected chi connectivity index (χ1v) is 7.10. The number of aryl methyl sites for hydroxylation is 1. The zero-order valence-corrected chi connectivity index (χ0v) is 12.2. The summed E-state index contributed by atoms with van der Waals surface area (Å²) in [5.74, 6) is 0.638. The molecule has 0 saturated heterocycles. The minimum atomic E-state index is -0.903. The Morgan fingerprint density at radius 3 is 2.80 bits per heavy atom. The van der Waals surface area contributed by atoms with Gasteiger partial charge in [0.05, 0.1) is 16.6 Å². The van der Waals surface area contributed by atoms with Crippen molar-refractivity contribution >= 4 is 17.0 Å². The molecule has 1 aliphatic carbocycles. The molecular formula is C16H20N2O2. The molecule has 4 heteroatoms. The molecule has 2 aromatic rings. The van der Waals surface area contributed by atoms with Crippen LogP contribution in [-0.2, 0) is 7.05 Å². The SMILES string of the molecule is Cn1c(C2CCCC2(C)C)nc2cc(C(=O)O)ccc21. The van der Waals surface area contributed by atoms with Gasteiger partial charge < -0.3 is 9.67 Å². The molecule has 1 atom stereocenters. The summed E-state index contributed by atoms with van der Waals surface area (Å²) in [6.45, 7) is 4.60. The van der Waals surface area contributed by atoms with Gasteiger partial charge in [-0.2, -0.15) is 0 Å². The van der Waals surface area contributed by atoms with Crippen molar-refractivity contribution in [1.29, 1.82) is 0 Å². The van der Waals surface area contributed by atoms with Crippen LogP contribution >= 0.6 is 0 Å². The second-order valence-corrected chi connectivity index (χ2v) is 6.47. The minimum absolute atomic E-state index is 0.269. The maximum atomic E-state index is 11.1. The van der Waals surface area contributed by atoms with E-state index in [4.69, 9.17) is 10.1 Å². The van der Waals surface area contributed by atoms with E-state index in [1.807, 2.05) is 13.1 Å². The van der Waals surface area contributed by atoms with Crippen molar-refractivity contribution in [3.8, 4) is 0 Å². The number of rotatable bonds is 2. The lowest BCUT2D eigenvalue weighted by molar-refractivity contribution is 0.0697. The van der Waals surface area contributed by atoms with Gasteiger partial charge in [0.25, 0.3) is 0 Å². The fourth-order valence-electron chi connectivity index (χ4n) is 3.47. The van der Waals surface area contributed by atoms with Gasteiger partial charge in [-0.1, -0.05) is 20.3 Å². The van der Waals surface area contributed by atoms with E-state index in [9.17, 15) is 4.79 Å². The number of carbonyl (C=O) groups is 1. The largest absolute Gasteiger partial charge is 0.478 e. The number of nitrogens with zero attached hydrogens (tertiary/aromatic N) is 2. The molecule has 20 heavy (non-hydrogen) atoms. The molecule has 1 aromatic heterocycles. The second-order valence-electron chi connectivity index (χ2n) is 6.47. The number of benzene rings is 1. The van der Waals surface area contributed by atoms with Crippen molar-refractivity contribution in [1.82, 2.24) is 9.55 Å². The quantitative estimate of drug-likeness (QED) is 0.909. The summed E-state index contributed by atoms with van der Waals surface area (Å²) >= 11 is 0. The molecule has 1 heterocycles. The summed E-state index contributed by atoms with van der Waals surface area (Å²) in [5, 5.41) is 9.08. The average Bonchev–Trinajstić information content (AvgIpc) is 2.89. The molecule has 0 aliphatic heterocycles. The molecule has 1 aliphatic rings. The predicted octanol–water partition coefficient (Wildman–Crippen LogP) is 3.57. The van der Waals surface area contributed by atoms with Crippen molar-refractivity contribution in [3.63, 3.8) is 0 Å². The lowest BCUT2D eigenvalue weighted by Gasteiger charge is -2.26. The molecule has 0 radical (unpaired) electrons. The number of imidazole rings is 1. The van der Waals surface area contributed by atoms with E-state index in [0.29, 0.717) is 11.5 Å². The summed E-state index contributed by atoms with van der Waals surface area (Å²) in [4.78, 5) is 15.8. The normalized spacial score (nSPS) is 21.4. The maximum Gasteiger partial charge on any atom is 0.335 e. The van der Waals surface area contributed by atoms with Crippen LogP contribution in [0.15, 0.2) is 18.2 Å². The zero-order valence-electron chi connectivity index (χ0n) is 12.2. The molecule has 1 fully saturated rings. The van der Waals surface area contributed by atoms with E-state index >= 15 is 0 Å². The highest BCUT2D eigenvalue weighted by molar-refractivity contribution is 5.92. The molecular weight excluding hydrogens is 252 g/mol. The number of hydrogen-bond donors (Lipinski definition) is 1. The van der Waals surface area contributed by atoms with E-state index in [2.05, 4.69) is 18.4 Å². The number of carboxylic acid groups (broad SMARTS) is 1. The van der Waals surface area contributed by atoms with Gasteiger partial charge in [0, 0.05) is 13.0 Å². The third kappa shape index (κ3) is 1.90. The minimum Gasteiger partial charge on any atom is -0.478 e. The molecule has 3 rings (SSSR count). The van der Waals surface area contributed by atoms with Crippen LogP contribution in [-0.4, -0.2) is 20.6 Å². The molecule has 0 bridgehead atoms. The Morgan fingerprint density at radius 2 is 2.20 bits per heavy atom. The lowest BCUT2D eigenvalue weighted by atomic mass is 9.81. The summed E-state index contributed by atoms with van der Waals surface area (Å²) in [7, 11) is 2.03. The average molecular weight is 272 g/mol. The van der Waals surface area contributed by atoms with Crippen LogP contribution in [0, 0.1) is 5.41 Å². The number of aromatic nitrogens is 2. The van der Waals surface area contributed by atoms with Crippen LogP contribution in [0.5, 0.6) is 0 Å². The van der Waals surface area contributed by atoms with Gasteiger partial charge in [0.2, 0.25) is 0 Å². The molecule has 106 valence electrons. The van der Waals surface area contributed by atoms with E-state index in [1.165, 1.54) is 12.8 Å². The molecule has 4 nitrogen and oxygen atoms in total. The number of carboxylic acids is 1. The standard InChI is InChI=1S/C16H20N2O2/c1-16(2)8-4-5-11(16)14-17-12-9-10(15(19)20)6-7-13(12)18(14)3/h6-7,9,11H,4-5,8H2,1-3H3,(H,19,20). The third-order valence-corrected chi connectivity index (χ3v) is 4.73. The Labute approximate surface area is 118 Å². The number of fused-ring (bicyclic) bond motifs is 1. The molecule has 1 aromatic carbocycles. The fourth-order valence-corrected chi connectivity index (χ4v) is 3.47. The Kier molecular flexibility index (Phi) is 2.85. The van der Waals surface area contributed by atoms with Crippen molar-refractivity contribution in [2.75, 3.05) is 0 Å². The monoisotopic (exact) mass is 272 g/mol. The van der Waals surface area contributed by atoms with Crippen LogP contribution in [0.25, 0.3) is 11.0 Å². The van der Waals surface area contributed by atoms with E-state index in [1.54, 1.807) is 12.1 Å². The van der Waals surface area contributed by atoms with Gasteiger partial charge in [-0.05, 0) is 36.5 Å². The zero-order chi connectivity index (χ0) is 14.5. The predicted molar refractivity (Wildman–Crippen MR) is 78.0 cm³/mol. The summed E-state index contributed by atoms with van der Waals surface area (Å²) < 4.78 is 2.12. The van der Waals surface area contributed by atoms with Crippen molar-refractivity contribution in [2.45, 2.75) is 39.0 Å². The van der Waals surface area contributed by atoms with E-state index in [0.717, 1.165) is 23.3 Å². The Balaban J connectivity index is 2.13. The maximum absolute atomic E-state index is 11.1. The Hall–Kier alpha value is -1.84. The van der Waals surface area contributed by atoms with Gasteiger partial charge in [0.15, 0.2) is 0 Å². The smallest absolute Gasteiger partial charge is 0.335 e. The topological polar surface area (TPSA) is 55.1 Å². The fraction of sp³-hybridized carbons (Fsp3) is 0.500. The van der Waals surface area contributed by atoms with E-state index < -0.39 is 5.97 Å². The highest BCUT2D eigenvalue weighted by Gasteiger charge is 2.38. The Morgan fingerprint density at radius 1 is 1.45 bits per heavy atom. The Bertz CT molecular complexity index is 685. The molecule has 1 N–H and O–H groups in total. The van der Waals surface area contributed by atoms with Crippen LogP contribution in [0.3, 0.4) is 0 Å². The van der Waals surface area contributed by atoms with Gasteiger partial charge in [-0.3, -0.25) is 0 Å². The van der Waals surface area contributed by atoms with Gasteiger partial charge >= 0.3 is 5.97 Å². The van der Waals surface area contributed by atoms with Gasteiger partial charge in [0.1, 0.15) is 5.82 Å². The third-order valence-electron chi connectivity index (χ3n) is 4.73. The summed E-state index contributed by atoms with van der Waals surface area (Å²) in [5.41, 5.74) is 2.36.